The van der Waals surface area contributed by atoms with E-state index in [9.17, 15) is 0 Å². The van der Waals surface area contributed by atoms with Gasteiger partial charge in [0.1, 0.15) is 6.33 Å². The fourth-order valence-electron chi connectivity index (χ4n) is 0.764. The summed E-state index contributed by atoms with van der Waals surface area (Å²) in [5, 5.41) is 2.82. The Labute approximate surface area is 61.5 Å². The lowest BCUT2D eigenvalue weighted by atomic mass is 10.6. The predicted molar refractivity (Wildman–Crippen MR) is 38.2 cm³/mol. The van der Waals surface area contributed by atoms with Crippen molar-refractivity contribution in [2.75, 3.05) is 0 Å². The zero-order valence-corrected chi connectivity index (χ0v) is 5.80. The van der Waals surface area contributed by atoms with Gasteiger partial charge in [0.25, 0.3) is 0 Å². The van der Waals surface area contributed by atoms with Gasteiger partial charge in [-0.3, -0.25) is 5.10 Å². The van der Waals surface area contributed by atoms with Gasteiger partial charge in [-0.2, -0.15) is 4.98 Å². The lowest BCUT2D eigenvalue weighted by Crippen LogP contribution is -1.86. The molecule has 0 unspecified atom stereocenters. The Hall–Kier alpha value is -1.23. The average molecular weight is 152 g/mol. The van der Waals surface area contributed by atoms with Gasteiger partial charge in [-0.05, 0) is 12.2 Å². The van der Waals surface area contributed by atoms with E-state index in [1.807, 2.05) is 0 Å². The third-order valence-electron chi connectivity index (χ3n) is 1.17. The second-order valence-corrected chi connectivity index (χ2v) is 2.22. The molecule has 2 heterocycles. The fourth-order valence-corrected chi connectivity index (χ4v) is 0.956. The maximum absolute atomic E-state index is 4.80. The van der Waals surface area contributed by atoms with Crippen LogP contribution in [-0.2, 0) is 0 Å². The average Bonchev–Trinajstić information content (AvgIpc) is 2.27. The summed E-state index contributed by atoms with van der Waals surface area (Å²) in [5.41, 5.74) is 0.792. The highest BCUT2D eigenvalue weighted by atomic mass is 32.1. The minimum atomic E-state index is 0.480. The molecule has 1 N–H and O–H groups in total. The van der Waals surface area contributed by atoms with Crippen LogP contribution in [0, 0.1) is 4.77 Å². The quantitative estimate of drug-likeness (QED) is 0.567. The number of hydrogen-bond acceptors (Lipinski definition) is 3. The molecule has 0 aromatic carbocycles. The Kier molecular flexibility index (Phi) is 1.04. The SMILES string of the molecule is S=c1nc2ccncn2[nH]1. The second-order valence-electron chi connectivity index (χ2n) is 1.84. The Balaban J connectivity index is 3.01. The number of H-pyrrole nitrogens is 1. The maximum Gasteiger partial charge on any atom is 0.214 e. The van der Waals surface area contributed by atoms with E-state index in [-0.39, 0.29) is 0 Å². The fraction of sp³-hybridized carbons (Fsp3) is 0. The van der Waals surface area contributed by atoms with Crippen LogP contribution in [0.4, 0.5) is 0 Å². The van der Waals surface area contributed by atoms with Crippen molar-refractivity contribution in [3.05, 3.63) is 23.4 Å². The summed E-state index contributed by atoms with van der Waals surface area (Å²) < 4.78 is 2.15. The highest BCUT2D eigenvalue weighted by molar-refractivity contribution is 7.71. The van der Waals surface area contributed by atoms with Crippen molar-refractivity contribution in [1.82, 2.24) is 19.6 Å². The van der Waals surface area contributed by atoms with Crippen LogP contribution in [0.3, 0.4) is 0 Å². The third kappa shape index (κ3) is 0.714. The van der Waals surface area contributed by atoms with Crippen LogP contribution < -0.4 is 0 Å². The Morgan fingerprint density at radius 3 is 3.30 bits per heavy atom. The van der Waals surface area contributed by atoms with Crippen LogP contribution in [0.15, 0.2) is 18.6 Å². The van der Waals surface area contributed by atoms with Gasteiger partial charge in [-0.1, -0.05) is 0 Å². The van der Waals surface area contributed by atoms with E-state index in [2.05, 4.69) is 15.1 Å². The molecule has 50 valence electrons. The molecular formula is C5H4N4S. The van der Waals surface area contributed by atoms with E-state index in [0.717, 1.165) is 5.65 Å². The van der Waals surface area contributed by atoms with Gasteiger partial charge in [-0.15, -0.1) is 0 Å². The number of aromatic nitrogens is 4. The predicted octanol–water partition coefficient (Wildman–Crippen LogP) is 0.787. The molecule has 5 heteroatoms. The first-order chi connectivity index (χ1) is 4.86. The minimum Gasteiger partial charge on any atom is -0.265 e. The van der Waals surface area contributed by atoms with E-state index in [1.165, 1.54) is 0 Å². The highest BCUT2D eigenvalue weighted by Gasteiger charge is 1.90. The van der Waals surface area contributed by atoms with Gasteiger partial charge < -0.3 is 0 Å². The molecule has 0 amide bonds. The molecule has 0 saturated carbocycles. The van der Waals surface area contributed by atoms with Crippen molar-refractivity contribution in [1.29, 1.82) is 0 Å². The summed E-state index contributed by atoms with van der Waals surface area (Å²) in [7, 11) is 0. The third-order valence-corrected chi connectivity index (χ3v) is 1.35. The molecule has 0 fully saturated rings. The lowest BCUT2D eigenvalue weighted by Gasteiger charge is -1.85. The Morgan fingerprint density at radius 1 is 1.60 bits per heavy atom. The number of fused-ring (bicyclic) bond motifs is 1. The van der Waals surface area contributed by atoms with Crippen LogP contribution in [0.1, 0.15) is 0 Å². The van der Waals surface area contributed by atoms with Crippen LogP contribution in [-0.4, -0.2) is 19.6 Å². The van der Waals surface area contributed by atoms with Crippen molar-refractivity contribution in [3.8, 4) is 0 Å². The Morgan fingerprint density at radius 2 is 2.50 bits per heavy atom. The van der Waals surface area contributed by atoms with E-state index < -0.39 is 0 Å². The normalized spacial score (nSPS) is 10.4. The van der Waals surface area contributed by atoms with Gasteiger partial charge in [0.2, 0.25) is 4.77 Å². The van der Waals surface area contributed by atoms with E-state index in [0.29, 0.717) is 4.77 Å². The molecule has 2 rings (SSSR count). The number of hydrogen-bond donors (Lipinski definition) is 1. The summed E-state index contributed by atoms with van der Waals surface area (Å²) in [6, 6.07) is 1.78. The first-order valence-electron chi connectivity index (χ1n) is 2.75. The maximum atomic E-state index is 4.80. The molecule has 2 aromatic heterocycles. The number of nitrogens with zero attached hydrogens (tertiary/aromatic N) is 3. The van der Waals surface area contributed by atoms with E-state index in [4.69, 9.17) is 12.2 Å². The van der Waals surface area contributed by atoms with Crippen molar-refractivity contribution in [2.24, 2.45) is 0 Å². The summed E-state index contributed by atoms with van der Waals surface area (Å²) in [6.07, 6.45) is 3.29. The van der Waals surface area contributed by atoms with Gasteiger partial charge >= 0.3 is 0 Å². The number of rotatable bonds is 0. The molecule has 10 heavy (non-hydrogen) atoms. The molecule has 0 radical (unpaired) electrons. The van der Waals surface area contributed by atoms with Crippen molar-refractivity contribution in [2.45, 2.75) is 0 Å². The monoisotopic (exact) mass is 152 g/mol. The minimum absolute atomic E-state index is 0.480. The van der Waals surface area contributed by atoms with Crippen LogP contribution in [0.2, 0.25) is 0 Å². The molecule has 0 spiro atoms. The van der Waals surface area contributed by atoms with E-state index >= 15 is 0 Å². The molecule has 0 saturated heterocycles. The largest absolute Gasteiger partial charge is 0.265 e. The van der Waals surface area contributed by atoms with Crippen molar-refractivity contribution >= 4 is 17.9 Å². The molecule has 0 atom stereocenters. The smallest absolute Gasteiger partial charge is 0.214 e. The van der Waals surface area contributed by atoms with Gasteiger partial charge in [0.15, 0.2) is 5.65 Å². The molecule has 2 aromatic rings. The molecular weight excluding hydrogens is 148 g/mol. The summed E-state index contributed by atoms with van der Waals surface area (Å²) in [5.74, 6) is 0. The molecule has 0 aliphatic carbocycles. The van der Waals surface area contributed by atoms with Gasteiger partial charge in [0, 0.05) is 12.3 Å². The van der Waals surface area contributed by atoms with Crippen LogP contribution in [0.25, 0.3) is 5.65 Å². The van der Waals surface area contributed by atoms with Gasteiger partial charge in [0.05, 0.1) is 0 Å². The van der Waals surface area contributed by atoms with Crippen LogP contribution in [0.5, 0.6) is 0 Å². The van der Waals surface area contributed by atoms with E-state index in [1.54, 1.807) is 23.1 Å². The summed E-state index contributed by atoms with van der Waals surface area (Å²) in [6.45, 7) is 0. The molecule has 4 nitrogen and oxygen atoms in total. The van der Waals surface area contributed by atoms with Crippen molar-refractivity contribution in [3.63, 3.8) is 0 Å². The Bertz CT molecular complexity index is 365. The van der Waals surface area contributed by atoms with Crippen molar-refractivity contribution < 1.29 is 0 Å². The zero-order valence-electron chi connectivity index (χ0n) is 4.98. The summed E-state index contributed by atoms with van der Waals surface area (Å²) in [4.78, 5) is 7.87. The lowest BCUT2D eigenvalue weighted by molar-refractivity contribution is 0.915. The standard InChI is InChI=1S/C5H4N4S/c10-5-7-4-1-2-6-3-9(4)8-5/h1-3H,(H,8,10). The first-order valence-corrected chi connectivity index (χ1v) is 3.15. The topological polar surface area (TPSA) is 46.0 Å². The second kappa shape index (κ2) is 1.88. The number of nitrogens with one attached hydrogen (secondary N) is 1. The van der Waals surface area contributed by atoms with Gasteiger partial charge in [-0.25, -0.2) is 9.50 Å². The zero-order chi connectivity index (χ0) is 6.97. The first kappa shape index (κ1) is 5.55. The molecule has 0 aliphatic heterocycles. The van der Waals surface area contributed by atoms with Crippen LogP contribution >= 0.6 is 12.2 Å². The molecule has 0 bridgehead atoms. The molecule has 0 aliphatic rings. The number of aromatic amines is 1. The highest BCUT2D eigenvalue weighted by Crippen LogP contribution is 1.93. The summed E-state index contributed by atoms with van der Waals surface area (Å²) >= 11 is 4.80.